The van der Waals surface area contributed by atoms with Crippen LogP contribution in [-0.4, -0.2) is 20.0 Å². The van der Waals surface area contributed by atoms with E-state index >= 15 is 0 Å². The van der Waals surface area contributed by atoms with E-state index in [1.807, 2.05) is 6.07 Å². The van der Waals surface area contributed by atoms with Crippen LogP contribution >= 0.6 is 15.9 Å². The molecule has 0 amide bonds. The lowest BCUT2D eigenvalue weighted by atomic mass is 9.85. The van der Waals surface area contributed by atoms with Gasteiger partial charge in [0.2, 0.25) is 0 Å². The van der Waals surface area contributed by atoms with E-state index in [0.717, 1.165) is 5.69 Å². The summed E-state index contributed by atoms with van der Waals surface area (Å²) < 4.78 is 2.25. The van der Waals surface area contributed by atoms with Crippen LogP contribution in [0, 0.1) is 5.92 Å². The second-order valence-corrected chi connectivity index (χ2v) is 5.94. The van der Waals surface area contributed by atoms with E-state index < -0.39 is 0 Å². The molecule has 2 heterocycles. The zero-order valence-electron chi connectivity index (χ0n) is 11.0. The van der Waals surface area contributed by atoms with Gasteiger partial charge in [0.05, 0.1) is 22.9 Å². The number of halogens is 1. The maximum atomic E-state index is 12.4. The number of anilines is 1. The molecule has 1 aliphatic rings. The second-order valence-electron chi connectivity index (χ2n) is 5.09. The number of rotatable bonds is 5. The van der Waals surface area contributed by atoms with E-state index in [-0.39, 0.29) is 5.56 Å². The van der Waals surface area contributed by atoms with Crippen molar-refractivity contribution < 1.29 is 0 Å². The van der Waals surface area contributed by atoms with Crippen molar-refractivity contribution in [1.29, 1.82) is 0 Å². The minimum absolute atomic E-state index is 0.0780. The van der Waals surface area contributed by atoms with Crippen LogP contribution in [0.25, 0.3) is 0 Å². The van der Waals surface area contributed by atoms with Crippen molar-refractivity contribution >= 4 is 21.6 Å². The van der Waals surface area contributed by atoms with Gasteiger partial charge in [-0.2, -0.15) is 10.2 Å². The Bertz CT molecular complexity index is 633. The molecular formula is C13H16BrN5O. The molecule has 0 aromatic carbocycles. The Balaban J connectivity index is 1.77. The normalized spacial score (nSPS) is 15.1. The maximum Gasteiger partial charge on any atom is 0.291 e. The SMILES string of the molecule is O=c1c(NCc2ccn[nH]2)c(Br)cnn1CC1CCC1. The van der Waals surface area contributed by atoms with Crippen molar-refractivity contribution in [2.24, 2.45) is 5.92 Å². The molecule has 0 spiro atoms. The van der Waals surface area contributed by atoms with Crippen molar-refractivity contribution in [2.45, 2.75) is 32.4 Å². The third-order valence-electron chi connectivity index (χ3n) is 3.67. The lowest BCUT2D eigenvalue weighted by Gasteiger charge is -2.25. The van der Waals surface area contributed by atoms with Gasteiger partial charge in [-0.3, -0.25) is 9.89 Å². The molecule has 1 aliphatic carbocycles. The van der Waals surface area contributed by atoms with Crippen LogP contribution in [0.2, 0.25) is 0 Å². The number of aromatic amines is 1. The van der Waals surface area contributed by atoms with E-state index in [9.17, 15) is 4.79 Å². The van der Waals surface area contributed by atoms with Crippen LogP contribution in [0.15, 0.2) is 27.7 Å². The molecule has 0 bridgehead atoms. The number of hydrogen-bond donors (Lipinski definition) is 2. The van der Waals surface area contributed by atoms with E-state index in [4.69, 9.17) is 0 Å². The van der Waals surface area contributed by atoms with Crippen molar-refractivity contribution in [2.75, 3.05) is 5.32 Å². The highest BCUT2D eigenvalue weighted by Crippen LogP contribution is 2.27. The molecule has 0 aliphatic heterocycles. The van der Waals surface area contributed by atoms with E-state index in [2.05, 4.69) is 36.5 Å². The first kappa shape index (κ1) is 13.4. The van der Waals surface area contributed by atoms with Gasteiger partial charge in [-0.1, -0.05) is 6.42 Å². The fraction of sp³-hybridized carbons (Fsp3) is 0.462. The van der Waals surface area contributed by atoms with E-state index in [0.29, 0.717) is 29.2 Å². The van der Waals surface area contributed by atoms with Gasteiger partial charge in [0.1, 0.15) is 5.69 Å². The van der Waals surface area contributed by atoms with Crippen LogP contribution < -0.4 is 10.9 Å². The fourth-order valence-corrected chi connectivity index (χ4v) is 2.65. The highest BCUT2D eigenvalue weighted by Gasteiger charge is 2.20. The van der Waals surface area contributed by atoms with Crippen molar-refractivity contribution in [1.82, 2.24) is 20.0 Å². The van der Waals surface area contributed by atoms with E-state index in [1.165, 1.54) is 19.3 Å². The summed E-state index contributed by atoms with van der Waals surface area (Å²) in [4.78, 5) is 12.4. The average molecular weight is 338 g/mol. The molecule has 0 saturated heterocycles. The molecule has 3 rings (SSSR count). The summed E-state index contributed by atoms with van der Waals surface area (Å²) in [6.07, 6.45) is 7.02. The maximum absolute atomic E-state index is 12.4. The highest BCUT2D eigenvalue weighted by atomic mass is 79.9. The average Bonchev–Trinajstić information content (AvgIpc) is 2.89. The summed E-state index contributed by atoms with van der Waals surface area (Å²) in [6.45, 7) is 1.24. The predicted molar refractivity (Wildman–Crippen MR) is 79.5 cm³/mol. The van der Waals surface area contributed by atoms with Crippen molar-refractivity contribution in [3.05, 3.63) is 39.0 Å². The second kappa shape index (κ2) is 5.78. The number of hydrogen-bond acceptors (Lipinski definition) is 4. The monoisotopic (exact) mass is 337 g/mol. The van der Waals surface area contributed by atoms with Gasteiger partial charge < -0.3 is 5.32 Å². The molecule has 2 N–H and O–H groups in total. The minimum Gasteiger partial charge on any atom is -0.374 e. The first-order valence-corrected chi connectivity index (χ1v) is 7.51. The summed E-state index contributed by atoms with van der Waals surface area (Å²) in [6, 6.07) is 1.87. The Labute approximate surface area is 124 Å². The van der Waals surface area contributed by atoms with Gasteiger partial charge in [-0.05, 0) is 40.8 Å². The standard InChI is InChI=1S/C13H16BrN5O/c14-11-7-17-19(8-9-2-1-3-9)13(20)12(11)15-6-10-4-5-16-18-10/h4-5,7,9,15H,1-3,6,8H2,(H,16,18). The summed E-state index contributed by atoms with van der Waals surface area (Å²) in [5, 5.41) is 14.1. The lowest BCUT2D eigenvalue weighted by molar-refractivity contribution is 0.262. The number of nitrogens with zero attached hydrogens (tertiary/aromatic N) is 3. The summed E-state index contributed by atoms with van der Waals surface area (Å²) >= 11 is 3.38. The van der Waals surface area contributed by atoms with Crippen LogP contribution in [0.1, 0.15) is 25.0 Å². The van der Waals surface area contributed by atoms with Crippen LogP contribution in [-0.2, 0) is 13.1 Å². The third-order valence-corrected chi connectivity index (χ3v) is 4.27. The van der Waals surface area contributed by atoms with Gasteiger partial charge in [-0.15, -0.1) is 0 Å². The first-order valence-electron chi connectivity index (χ1n) is 6.72. The summed E-state index contributed by atoms with van der Waals surface area (Å²) in [5.41, 5.74) is 1.40. The summed E-state index contributed by atoms with van der Waals surface area (Å²) in [7, 11) is 0. The summed E-state index contributed by atoms with van der Waals surface area (Å²) in [5.74, 6) is 0.599. The van der Waals surface area contributed by atoms with E-state index in [1.54, 1.807) is 17.1 Å². The van der Waals surface area contributed by atoms with Crippen LogP contribution in [0.5, 0.6) is 0 Å². The van der Waals surface area contributed by atoms with Gasteiger partial charge >= 0.3 is 0 Å². The van der Waals surface area contributed by atoms with Crippen molar-refractivity contribution in [3.8, 4) is 0 Å². The molecule has 0 radical (unpaired) electrons. The quantitative estimate of drug-likeness (QED) is 0.876. The van der Waals surface area contributed by atoms with Gasteiger partial charge in [0.15, 0.2) is 0 Å². The molecule has 0 unspecified atom stereocenters. The Morgan fingerprint density at radius 2 is 2.35 bits per heavy atom. The molecule has 2 aromatic rings. The highest BCUT2D eigenvalue weighted by molar-refractivity contribution is 9.10. The van der Waals surface area contributed by atoms with Crippen LogP contribution in [0.4, 0.5) is 5.69 Å². The predicted octanol–water partition coefficient (Wildman–Crippen LogP) is 2.14. The topological polar surface area (TPSA) is 75.6 Å². The number of nitrogens with one attached hydrogen (secondary N) is 2. The zero-order valence-corrected chi connectivity index (χ0v) is 12.6. The molecule has 1 fully saturated rings. The Hall–Kier alpha value is -1.63. The number of H-pyrrole nitrogens is 1. The molecule has 0 atom stereocenters. The molecular weight excluding hydrogens is 322 g/mol. The van der Waals surface area contributed by atoms with Crippen molar-refractivity contribution in [3.63, 3.8) is 0 Å². The smallest absolute Gasteiger partial charge is 0.291 e. The Morgan fingerprint density at radius 1 is 1.50 bits per heavy atom. The largest absolute Gasteiger partial charge is 0.374 e. The molecule has 2 aromatic heterocycles. The van der Waals surface area contributed by atoms with Gasteiger partial charge in [0, 0.05) is 12.7 Å². The first-order chi connectivity index (χ1) is 9.74. The minimum atomic E-state index is -0.0780. The molecule has 6 nitrogen and oxygen atoms in total. The molecule has 20 heavy (non-hydrogen) atoms. The Morgan fingerprint density at radius 3 is 3.00 bits per heavy atom. The Kier molecular flexibility index (Phi) is 3.86. The van der Waals surface area contributed by atoms with Gasteiger partial charge in [-0.25, -0.2) is 4.68 Å². The molecule has 106 valence electrons. The lowest BCUT2D eigenvalue weighted by Crippen LogP contribution is -2.30. The van der Waals surface area contributed by atoms with Crippen LogP contribution in [0.3, 0.4) is 0 Å². The zero-order chi connectivity index (χ0) is 13.9. The van der Waals surface area contributed by atoms with Gasteiger partial charge in [0.25, 0.3) is 5.56 Å². The fourth-order valence-electron chi connectivity index (χ4n) is 2.25. The molecule has 7 heteroatoms. The third kappa shape index (κ3) is 2.77. The number of aromatic nitrogens is 4. The molecule has 1 saturated carbocycles.